The summed E-state index contributed by atoms with van der Waals surface area (Å²) < 4.78 is 2.13. The number of carbonyl (C=O) groups is 1. The van der Waals surface area contributed by atoms with Crippen molar-refractivity contribution in [1.29, 1.82) is 0 Å². The monoisotopic (exact) mass is 338 g/mol. The maximum atomic E-state index is 12.9. The van der Waals surface area contributed by atoms with Crippen LogP contribution in [0.15, 0.2) is 54.7 Å². The van der Waals surface area contributed by atoms with E-state index >= 15 is 0 Å². The lowest BCUT2D eigenvalue weighted by atomic mass is 9.97. The summed E-state index contributed by atoms with van der Waals surface area (Å²) in [6.45, 7) is 0.672. The molecule has 0 aliphatic carbocycles. The molecule has 0 saturated carbocycles. The van der Waals surface area contributed by atoms with Crippen LogP contribution in [0.25, 0.3) is 10.9 Å². The fourth-order valence-electron chi connectivity index (χ4n) is 3.76. The maximum Gasteiger partial charge on any atom is 0.255 e. The smallest absolute Gasteiger partial charge is 0.255 e. The number of fused-ring (bicyclic) bond motifs is 2. The van der Waals surface area contributed by atoms with Gasteiger partial charge in [-0.25, -0.2) is 0 Å². The number of rotatable bonds is 4. The molecule has 24 heavy (non-hydrogen) atoms. The molecule has 0 fully saturated rings. The summed E-state index contributed by atoms with van der Waals surface area (Å²) in [6.07, 6.45) is 2.95. The molecule has 3 aromatic rings. The first-order chi connectivity index (χ1) is 11.7. The molecule has 3 nitrogen and oxygen atoms in total. The van der Waals surface area contributed by atoms with E-state index in [1.807, 2.05) is 29.2 Å². The molecule has 0 saturated heterocycles. The highest BCUT2D eigenvalue weighted by Crippen LogP contribution is 2.41. The van der Waals surface area contributed by atoms with Crippen LogP contribution in [0, 0.1) is 0 Å². The average molecular weight is 339 g/mol. The third kappa shape index (κ3) is 2.23. The van der Waals surface area contributed by atoms with Crippen molar-refractivity contribution in [1.82, 2.24) is 9.47 Å². The Hall–Kier alpha value is -2.26. The van der Waals surface area contributed by atoms with E-state index in [0.29, 0.717) is 12.4 Å². The zero-order valence-electron chi connectivity index (χ0n) is 13.6. The van der Waals surface area contributed by atoms with Crippen LogP contribution in [0.1, 0.15) is 33.9 Å². The highest BCUT2D eigenvalue weighted by molar-refractivity contribution is 6.17. The lowest BCUT2D eigenvalue weighted by molar-refractivity contribution is 0.0751. The van der Waals surface area contributed by atoms with Crippen LogP contribution >= 0.6 is 11.6 Å². The average Bonchev–Trinajstić information content (AvgIpc) is 3.09. The number of benzene rings is 2. The Morgan fingerprint density at radius 3 is 2.62 bits per heavy atom. The second-order valence-corrected chi connectivity index (χ2v) is 6.62. The minimum Gasteiger partial charge on any atom is -0.350 e. The van der Waals surface area contributed by atoms with Crippen LogP contribution in [-0.2, 0) is 7.05 Å². The molecule has 0 N–H and O–H groups in total. The van der Waals surface area contributed by atoms with Gasteiger partial charge in [0, 0.05) is 47.7 Å². The lowest BCUT2D eigenvalue weighted by Crippen LogP contribution is -2.30. The molecular formula is C20H19ClN2O. The highest BCUT2D eigenvalue weighted by atomic mass is 35.5. The van der Waals surface area contributed by atoms with Gasteiger partial charge in [0.15, 0.2) is 0 Å². The topological polar surface area (TPSA) is 25.2 Å². The first-order valence-electron chi connectivity index (χ1n) is 8.22. The third-order valence-corrected chi connectivity index (χ3v) is 5.08. The molecule has 1 aliphatic rings. The SMILES string of the molecule is Cn1cc(C2c3ccccc3C(=O)N2CCCCl)c2ccccc21. The van der Waals surface area contributed by atoms with Crippen molar-refractivity contribution in [3.05, 3.63) is 71.4 Å². The summed E-state index contributed by atoms with van der Waals surface area (Å²) in [7, 11) is 2.05. The van der Waals surface area contributed by atoms with Crippen LogP contribution in [0.5, 0.6) is 0 Å². The zero-order chi connectivity index (χ0) is 16.7. The minimum absolute atomic E-state index is 0.0389. The molecule has 0 spiro atoms. The van der Waals surface area contributed by atoms with Crippen LogP contribution in [0.3, 0.4) is 0 Å². The molecular weight excluding hydrogens is 320 g/mol. The van der Waals surface area contributed by atoms with Gasteiger partial charge < -0.3 is 9.47 Å². The molecule has 1 aliphatic heterocycles. The van der Waals surface area contributed by atoms with Gasteiger partial charge in [-0.3, -0.25) is 4.79 Å². The fourth-order valence-corrected chi connectivity index (χ4v) is 3.88. The summed E-state index contributed by atoms with van der Waals surface area (Å²) in [5.41, 5.74) is 4.26. The number of alkyl halides is 1. The van der Waals surface area contributed by atoms with Crippen molar-refractivity contribution in [2.24, 2.45) is 7.05 Å². The van der Waals surface area contributed by atoms with Crippen molar-refractivity contribution >= 4 is 28.4 Å². The molecule has 1 unspecified atom stereocenters. The lowest BCUT2D eigenvalue weighted by Gasteiger charge is -2.25. The molecule has 0 radical (unpaired) electrons. The van der Waals surface area contributed by atoms with E-state index in [9.17, 15) is 4.79 Å². The molecule has 122 valence electrons. The number of aryl methyl sites for hydroxylation is 1. The standard InChI is InChI=1S/C20H19ClN2O/c1-22-13-17(14-7-4-5-10-18(14)22)19-15-8-2-3-9-16(15)20(24)23(19)12-6-11-21/h2-5,7-10,13,19H,6,11-12H2,1H3. The van der Waals surface area contributed by atoms with Gasteiger partial charge >= 0.3 is 0 Å². The predicted molar refractivity (Wildman–Crippen MR) is 97.6 cm³/mol. The number of hydrogen-bond donors (Lipinski definition) is 0. The molecule has 1 atom stereocenters. The predicted octanol–water partition coefficient (Wildman–Crippen LogP) is 4.35. The van der Waals surface area contributed by atoms with E-state index in [1.54, 1.807) is 0 Å². The Kier molecular flexibility index (Phi) is 3.81. The van der Waals surface area contributed by atoms with Gasteiger partial charge in [-0.1, -0.05) is 36.4 Å². The highest BCUT2D eigenvalue weighted by Gasteiger charge is 2.38. The van der Waals surface area contributed by atoms with Crippen LogP contribution in [0.4, 0.5) is 0 Å². The second-order valence-electron chi connectivity index (χ2n) is 6.24. The zero-order valence-corrected chi connectivity index (χ0v) is 14.3. The normalized spacial score (nSPS) is 16.8. The number of para-hydroxylation sites is 1. The summed E-state index contributed by atoms with van der Waals surface area (Å²) in [4.78, 5) is 14.9. The van der Waals surface area contributed by atoms with Crippen molar-refractivity contribution in [3.63, 3.8) is 0 Å². The van der Waals surface area contributed by atoms with Crippen molar-refractivity contribution < 1.29 is 4.79 Å². The number of amides is 1. The van der Waals surface area contributed by atoms with Gasteiger partial charge in [-0.05, 0) is 24.1 Å². The Labute approximate surface area is 146 Å². The first-order valence-corrected chi connectivity index (χ1v) is 8.75. The molecule has 0 bridgehead atoms. The van der Waals surface area contributed by atoms with Crippen molar-refractivity contribution in [2.45, 2.75) is 12.5 Å². The van der Waals surface area contributed by atoms with Crippen LogP contribution < -0.4 is 0 Å². The third-order valence-electron chi connectivity index (χ3n) is 4.81. The van der Waals surface area contributed by atoms with Gasteiger partial charge in [0.1, 0.15) is 0 Å². The summed E-state index contributed by atoms with van der Waals surface area (Å²) in [6, 6.07) is 16.3. The van der Waals surface area contributed by atoms with E-state index in [2.05, 4.69) is 42.1 Å². The quantitative estimate of drug-likeness (QED) is 0.649. The molecule has 1 aromatic heterocycles. The van der Waals surface area contributed by atoms with E-state index in [4.69, 9.17) is 11.6 Å². The summed E-state index contributed by atoms with van der Waals surface area (Å²) >= 11 is 5.89. The Balaban J connectivity index is 1.91. The van der Waals surface area contributed by atoms with Crippen LogP contribution in [-0.4, -0.2) is 27.8 Å². The van der Waals surface area contributed by atoms with E-state index < -0.39 is 0 Å². The van der Waals surface area contributed by atoms with Gasteiger partial charge in [-0.15, -0.1) is 11.6 Å². The Bertz CT molecular complexity index is 915. The molecule has 2 heterocycles. The number of hydrogen-bond acceptors (Lipinski definition) is 1. The number of halogens is 1. The maximum absolute atomic E-state index is 12.9. The van der Waals surface area contributed by atoms with Crippen molar-refractivity contribution in [3.8, 4) is 0 Å². The van der Waals surface area contributed by atoms with Gasteiger partial charge in [0.25, 0.3) is 5.91 Å². The molecule has 4 rings (SSSR count). The largest absolute Gasteiger partial charge is 0.350 e. The minimum atomic E-state index is -0.0389. The summed E-state index contributed by atoms with van der Waals surface area (Å²) in [5, 5.41) is 1.20. The number of nitrogens with zero attached hydrogens (tertiary/aromatic N) is 2. The van der Waals surface area contributed by atoms with Gasteiger partial charge in [-0.2, -0.15) is 0 Å². The van der Waals surface area contributed by atoms with E-state index in [0.717, 1.165) is 17.5 Å². The summed E-state index contributed by atoms with van der Waals surface area (Å²) in [5.74, 6) is 0.663. The Morgan fingerprint density at radius 1 is 1.04 bits per heavy atom. The van der Waals surface area contributed by atoms with E-state index in [1.165, 1.54) is 16.5 Å². The molecule has 2 aromatic carbocycles. The van der Waals surface area contributed by atoms with Gasteiger partial charge in [0.05, 0.1) is 6.04 Å². The van der Waals surface area contributed by atoms with E-state index in [-0.39, 0.29) is 11.9 Å². The molecule has 1 amide bonds. The number of carbonyl (C=O) groups excluding carboxylic acids is 1. The van der Waals surface area contributed by atoms with Crippen molar-refractivity contribution in [2.75, 3.05) is 12.4 Å². The first kappa shape index (κ1) is 15.3. The van der Waals surface area contributed by atoms with Crippen LogP contribution in [0.2, 0.25) is 0 Å². The van der Waals surface area contributed by atoms with Gasteiger partial charge in [0.2, 0.25) is 0 Å². The number of aromatic nitrogens is 1. The second kappa shape index (κ2) is 5.99. The fraction of sp³-hybridized carbons (Fsp3) is 0.250. The Morgan fingerprint density at radius 2 is 1.79 bits per heavy atom. The molecule has 4 heteroatoms.